The summed E-state index contributed by atoms with van der Waals surface area (Å²) < 4.78 is 3.09. The van der Waals surface area contributed by atoms with Crippen LogP contribution in [0.5, 0.6) is 0 Å². The maximum absolute atomic E-state index is 5.79. The summed E-state index contributed by atoms with van der Waals surface area (Å²) in [5, 5.41) is 0. The zero-order valence-corrected chi connectivity index (χ0v) is 10.6. The van der Waals surface area contributed by atoms with Gasteiger partial charge in [-0.1, -0.05) is 28.1 Å². The molecule has 1 aromatic carbocycles. The fraction of sp³-hybridized carbons (Fsp3) is 0. The van der Waals surface area contributed by atoms with Gasteiger partial charge in [-0.15, -0.1) is 0 Å². The van der Waals surface area contributed by atoms with Gasteiger partial charge in [-0.3, -0.25) is 4.40 Å². The van der Waals surface area contributed by atoms with E-state index < -0.39 is 0 Å². The van der Waals surface area contributed by atoms with Crippen molar-refractivity contribution in [2.75, 3.05) is 5.73 Å². The van der Waals surface area contributed by atoms with Crippen molar-refractivity contribution in [3.8, 4) is 11.4 Å². The third kappa shape index (κ3) is 1.80. The molecule has 0 unspecified atom stereocenters. The number of nitrogens with zero attached hydrogens (tertiary/aromatic N) is 2. The minimum Gasteiger partial charge on any atom is -0.399 e. The molecule has 0 aliphatic carbocycles. The number of hydrogen-bond donors (Lipinski definition) is 1. The molecule has 0 aliphatic heterocycles. The summed E-state index contributed by atoms with van der Waals surface area (Å²) in [6.07, 6.45) is 3.84. The predicted octanol–water partition coefficient (Wildman–Crippen LogP) is 3.35. The molecule has 3 nitrogen and oxygen atoms in total. The van der Waals surface area contributed by atoms with Crippen LogP contribution in [0.4, 0.5) is 5.69 Å². The standard InChI is InChI=1S/C13H10BrN3/c14-10-4-5-17-12(7-10)8-16-13(17)9-2-1-3-11(15)6-9/h1-8H,15H2. The summed E-state index contributed by atoms with van der Waals surface area (Å²) in [7, 11) is 0. The predicted molar refractivity (Wildman–Crippen MR) is 72.7 cm³/mol. The Morgan fingerprint density at radius 1 is 1.18 bits per heavy atom. The number of nitrogens with two attached hydrogens (primary N) is 1. The van der Waals surface area contributed by atoms with Gasteiger partial charge >= 0.3 is 0 Å². The Bertz CT molecular complexity index is 688. The quantitative estimate of drug-likeness (QED) is 0.698. The van der Waals surface area contributed by atoms with Crippen LogP contribution in [0.2, 0.25) is 0 Å². The lowest BCUT2D eigenvalue weighted by Crippen LogP contribution is -1.90. The number of anilines is 1. The average Bonchev–Trinajstić information content (AvgIpc) is 2.71. The summed E-state index contributed by atoms with van der Waals surface area (Å²) in [5.74, 6) is 0.903. The van der Waals surface area contributed by atoms with Gasteiger partial charge in [-0.25, -0.2) is 4.98 Å². The van der Waals surface area contributed by atoms with E-state index in [0.29, 0.717) is 0 Å². The van der Waals surface area contributed by atoms with E-state index in [9.17, 15) is 0 Å². The molecule has 2 aromatic heterocycles. The van der Waals surface area contributed by atoms with Crippen LogP contribution in [0, 0.1) is 0 Å². The average molecular weight is 288 g/mol. The molecule has 3 aromatic rings. The van der Waals surface area contributed by atoms with Crippen LogP contribution in [0.25, 0.3) is 16.9 Å². The molecule has 0 aliphatic rings. The lowest BCUT2D eigenvalue weighted by atomic mass is 10.2. The van der Waals surface area contributed by atoms with Gasteiger partial charge in [-0.2, -0.15) is 0 Å². The van der Waals surface area contributed by atoms with Gasteiger partial charge in [0.25, 0.3) is 0 Å². The minimum atomic E-state index is 0.747. The second-order valence-corrected chi connectivity index (χ2v) is 4.76. The van der Waals surface area contributed by atoms with E-state index >= 15 is 0 Å². The number of benzene rings is 1. The Kier molecular flexibility index (Phi) is 2.37. The third-order valence-electron chi connectivity index (χ3n) is 2.64. The number of fused-ring (bicyclic) bond motifs is 1. The Hall–Kier alpha value is -1.81. The molecule has 0 bridgehead atoms. The maximum Gasteiger partial charge on any atom is 0.144 e. The van der Waals surface area contributed by atoms with E-state index in [2.05, 4.69) is 20.9 Å². The lowest BCUT2D eigenvalue weighted by Gasteiger charge is -2.02. The lowest BCUT2D eigenvalue weighted by molar-refractivity contribution is 1.16. The molecular formula is C13H10BrN3. The molecule has 0 atom stereocenters. The van der Waals surface area contributed by atoms with Crippen LogP contribution >= 0.6 is 15.9 Å². The molecule has 0 spiro atoms. The second-order valence-electron chi connectivity index (χ2n) is 3.85. The largest absolute Gasteiger partial charge is 0.399 e. The minimum absolute atomic E-state index is 0.747. The molecule has 4 heteroatoms. The number of hydrogen-bond acceptors (Lipinski definition) is 2. The highest BCUT2D eigenvalue weighted by Crippen LogP contribution is 2.23. The van der Waals surface area contributed by atoms with Gasteiger partial charge in [0, 0.05) is 21.9 Å². The fourth-order valence-corrected chi connectivity index (χ4v) is 2.22. The van der Waals surface area contributed by atoms with Gasteiger partial charge < -0.3 is 5.73 Å². The summed E-state index contributed by atoms with van der Waals surface area (Å²) >= 11 is 3.45. The Labute approximate surface area is 107 Å². The molecular weight excluding hydrogens is 278 g/mol. The Morgan fingerprint density at radius 3 is 2.88 bits per heavy atom. The smallest absolute Gasteiger partial charge is 0.144 e. The first kappa shape index (κ1) is 10.4. The van der Waals surface area contributed by atoms with E-state index in [-0.39, 0.29) is 0 Å². The van der Waals surface area contributed by atoms with Crippen LogP contribution in [0.15, 0.2) is 53.3 Å². The monoisotopic (exact) mass is 287 g/mol. The number of imidazole rings is 1. The Morgan fingerprint density at radius 2 is 2.06 bits per heavy atom. The normalized spacial score (nSPS) is 10.9. The van der Waals surface area contributed by atoms with Crippen molar-refractivity contribution in [3.63, 3.8) is 0 Å². The topological polar surface area (TPSA) is 43.3 Å². The highest BCUT2D eigenvalue weighted by atomic mass is 79.9. The zero-order valence-electron chi connectivity index (χ0n) is 8.97. The van der Waals surface area contributed by atoms with Crippen molar-refractivity contribution < 1.29 is 0 Å². The van der Waals surface area contributed by atoms with E-state index in [1.807, 2.05) is 53.2 Å². The fourth-order valence-electron chi connectivity index (χ4n) is 1.86. The van der Waals surface area contributed by atoms with Gasteiger partial charge in [0.1, 0.15) is 5.82 Å². The summed E-state index contributed by atoms with van der Waals surface area (Å²) in [5.41, 5.74) is 8.61. The first-order valence-corrected chi connectivity index (χ1v) is 6.02. The number of pyridine rings is 1. The molecule has 2 heterocycles. The first-order valence-electron chi connectivity index (χ1n) is 5.22. The van der Waals surface area contributed by atoms with Gasteiger partial charge in [0.2, 0.25) is 0 Å². The van der Waals surface area contributed by atoms with Crippen molar-refractivity contribution in [1.82, 2.24) is 9.38 Å². The highest BCUT2D eigenvalue weighted by molar-refractivity contribution is 9.10. The molecule has 0 amide bonds. The van der Waals surface area contributed by atoms with Gasteiger partial charge in [0.15, 0.2) is 0 Å². The molecule has 0 saturated heterocycles. The second kappa shape index (κ2) is 3.89. The van der Waals surface area contributed by atoms with Crippen LogP contribution in [-0.2, 0) is 0 Å². The van der Waals surface area contributed by atoms with Gasteiger partial charge in [-0.05, 0) is 24.3 Å². The number of nitrogen functional groups attached to an aromatic ring is 1. The van der Waals surface area contributed by atoms with Crippen molar-refractivity contribution in [3.05, 3.63) is 53.3 Å². The van der Waals surface area contributed by atoms with Crippen LogP contribution in [-0.4, -0.2) is 9.38 Å². The van der Waals surface area contributed by atoms with Crippen molar-refractivity contribution >= 4 is 27.1 Å². The van der Waals surface area contributed by atoms with Gasteiger partial charge in [0.05, 0.1) is 11.7 Å². The Balaban J connectivity index is 2.24. The number of rotatable bonds is 1. The summed E-state index contributed by atoms with van der Waals surface area (Å²) in [6, 6.07) is 11.8. The molecule has 84 valence electrons. The summed E-state index contributed by atoms with van der Waals surface area (Å²) in [4.78, 5) is 4.43. The van der Waals surface area contributed by atoms with Crippen LogP contribution in [0.1, 0.15) is 0 Å². The van der Waals surface area contributed by atoms with E-state index in [1.165, 1.54) is 0 Å². The molecule has 0 fully saturated rings. The molecule has 2 N–H and O–H groups in total. The van der Waals surface area contributed by atoms with E-state index in [0.717, 1.165) is 27.1 Å². The number of aromatic nitrogens is 2. The maximum atomic E-state index is 5.79. The number of halogens is 1. The van der Waals surface area contributed by atoms with E-state index in [1.54, 1.807) is 0 Å². The van der Waals surface area contributed by atoms with Crippen LogP contribution < -0.4 is 5.73 Å². The van der Waals surface area contributed by atoms with Crippen molar-refractivity contribution in [2.45, 2.75) is 0 Å². The summed E-state index contributed by atoms with van der Waals surface area (Å²) in [6.45, 7) is 0. The molecule has 0 radical (unpaired) electrons. The molecule has 0 saturated carbocycles. The highest BCUT2D eigenvalue weighted by Gasteiger charge is 2.06. The van der Waals surface area contributed by atoms with E-state index in [4.69, 9.17) is 5.73 Å². The molecule has 17 heavy (non-hydrogen) atoms. The zero-order chi connectivity index (χ0) is 11.8. The molecule has 3 rings (SSSR count). The van der Waals surface area contributed by atoms with Crippen molar-refractivity contribution in [2.24, 2.45) is 0 Å². The SMILES string of the molecule is Nc1cccc(-c2ncc3cc(Br)ccn23)c1. The first-order chi connectivity index (χ1) is 8.24. The van der Waals surface area contributed by atoms with Crippen molar-refractivity contribution in [1.29, 1.82) is 0 Å². The third-order valence-corrected chi connectivity index (χ3v) is 3.13. The van der Waals surface area contributed by atoms with Crippen LogP contribution in [0.3, 0.4) is 0 Å².